The average molecular weight is 402 g/mol. The van der Waals surface area contributed by atoms with Crippen LogP contribution in [-0.4, -0.2) is 76.3 Å². The van der Waals surface area contributed by atoms with E-state index in [1.807, 2.05) is 30.5 Å². The van der Waals surface area contributed by atoms with E-state index in [2.05, 4.69) is 10.3 Å². The number of hydrogen-bond donors (Lipinski definition) is 3. The molecule has 0 spiro atoms. The third-order valence-electron chi connectivity index (χ3n) is 5.28. The molecule has 0 aliphatic carbocycles. The zero-order chi connectivity index (χ0) is 21.3. The van der Waals surface area contributed by atoms with Gasteiger partial charge < -0.3 is 19.7 Å². The molecule has 156 valence electrons. The number of fused-ring (bicyclic) bond motifs is 1. The topological polar surface area (TPSA) is 115 Å². The standard InChI is InChI=1S/C20H26N4O5/c1-5-29-16(25)15(10-12-11-21-14-9-7-6-8-13(12)14)22-17-20(2,28)18(26)24(4)19(27)23(17)3/h6-9,11,15,17,21-22,28H,5,10H2,1-4H3/t15-,17+,20+/m0/s1. The normalized spacial score (nSPS) is 23.6. The summed E-state index contributed by atoms with van der Waals surface area (Å²) in [5, 5.41) is 14.8. The van der Waals surface area contributed by atoms with E-state index in [0.29, 0.717) is 0 Å². The Balaban J connectivity index is 1.92. The third kappa shape index (κ3) is 3.70. The molecule has 0 radical (unpaired) electrons. The fourth-order valence-corrected chi connectivity index (χ4v) is 3.71. The molecule has 2 aromatic rings. The Morgan fingerprint density at radius 1 is 1.34 bits per heavy atom. The second kappa shape index (κ2) is 7.84. The van der Waals surface area contributed by atoms with Crippen LogP contribution in [0, 0.1) is 0 Å². The van der Waals surface area contributed by atoms with Crippen molar-refractivity contribution >= 4 is 28.8 Å². The molecule has 2 heterocycles. The molecule has 3 N–H and O–H groups in total. The van der Waals surface area contributed by atoms with Crippen molar-refractivity contribution in [2.45, 2.75) is 38.1 Å². The molecule has 1 aliphatic heterocycles. The van der Waals surface area contributed by atoms with Crippen molar-refractivity contribution in [1.29, 1.82) is 0 Å². The number of nitrogens with zero attached hydrogens (tertiary/aromatic N) is 2. The van der Waals surface area contributed by atoms with E-state index >= 15 is 0 Å². The molecule has 1 saturated heterocycles. The van der Waals surface area contributed by atoms with Gasteiger partial charge in [-0.25, -0.2) is 4.79 Å². The van der Waals surface area contributed by atoms with Crippen LogP contribution in [0.15, 0.2) is 30.5 Å². The molecule has 0 unspecified atom stereocenters. The minimum Gasteiger partial charge on any atom is -0.465 e. The highest BCUT2D eigenvalue weighted by Gasteiger charge is 2.52. The number of amides is 3. The summed E-state index contributed by atoms with van der Waals surface area (Å²) in [7, 11) is 2.77. The van der Waals surface area contributed by atoms with Crippen molar-refractivity contribution in [3.05, 3.63) is 36.0 Å². The first kappa shape index (κ1) is 20.8. The van der Waals surface area contributed by atoms with E-state index in [-0.39, 0.29) is 13.0 Å². The highest BCUT2D eigenvalue weighted by molar-refractivity contribution is 6.01. The summed E-state index contributed by atoms with van der Waals surface area (Å²) in [5.74, 6) is -1.27. The average Bonchev–Trinajstić information content (AvgIpc) is 3.10. The SMILES string of the molecule is CCOC(=O)[C@H](Cc1c[nH]c2ccccc12)N[C@@H]1N(C)C(=O)N(C)C(=O)[C@]1(C)O. The van der Waals surface area contributed by atoms with Crippen LogP contribution in [0.2, 0.25) is 0 Å². The van der Waals surface area contributed by atoms with E-state index in [4.69, 9.17) is 4.74 Å². The number of aromatic amines is 1. The van der Waals surface area contributed by atoms with Gasteiger partial charge in [-0.05, 0) is 25.5 Å². The molecule has 29 heavy (non-hydrogen) atoms. The Morgan fingerprint density at radius 3 is 2.72 bits per heavy atom. The molecule has 3 amide bonds. The largest absolute Gasteiger partial charge is 0.465 e. The number of H-pyrrole nitrogens is 1. The maximum atomic E-state index is 12.6. The first-order valence-electron chi connectivity index (χ1n) is 9.43. The van der Waals surface area contributed by atoms with Gasteiger partial charge in [-0.3, -0.25) is 19.8 Å². The van der Waals surface area contributed by atoms with Gasteiger partial charge in [-0.2, -0.15) is 0 Å². The number of carbonyl (C=O) groups is 3. The number of urea groups is 1. The van der Waals surface area contributed by atoms with Gasteiger partial charge in [-0.1, -0.05) is 18.2 Å². The van der Waals surface area contributed by atoms with Gasteiger partial charge in [0.1, 0.15) is 12.2 Å². The molecule has 1 aromatic carbocycles. The van der Waals surface area contributed by atoms with E-state index in [1.54, 1.807) is 6.92 Å². The van der Waals surface area contributed by atoms with Crippen LogP contribution in [-0.2, 0) is 20.7 Å². The minimum absolute atomic E-state index is 0.183. The number of benzene rings is 1. The van der Waals surface area contributed by atoms with Gasteiger partial charge in [-0.15, -0.1) is 0 Å². The number of ether oxygens (including phenoxy) is 1. The second-order valence-electron chi connectivity index (χ2n) is 7.34. The highest BCUT2D eigenvalue weighted by Crippen LogP contribution is 2.25. The molecule has 0 saturated carbocycles. The molecule has 9 nitrogen and oxygen atoms in total. The van der Waals surface area contributed by atoms with Crippen LogP contribution in [0.3, 0.4) is 0 Å². The van der Waals surface area contributed by atoms with Gasteiger partial charge in [0.15, 0.2) is 5.60 Å². The van der Waals surface area contributed by atoms with Gasteiger partial charge in [0.25, 0.3) is 5.91 Å². The Kier molecular flexibility index (Phi) is 5.63. The van der Waals surface area contributed by atoms with Crippen molar-refractivity contribution in [3.8, 4) is 0 Å². The number of hydrogen-bond acceptors (Lipinski definition) is 6. The van der Waals surface area contributed by atoms with E-state index in [0.717, 1.165) is 21.4 Å². The molecular formula is C20H26N4O5. The summed E-state index contributed by atoms with van der Waals surface area (Å²) in [6.45, 7) is 3.20. The molecular weight excluding hydrogens is 376 g/mol. The lowest BCUT2D eigenvalue weighted by molar-refractivity contribution is -0.162. The van der Waals surface area contributed by atoms with Gasteiger partial charge in [0.05, 0.1) is 6.61 Å². The lowest BCUT2D eigenvalue weighted by Gasteiger charge is -2.46. The number of para-hydroxylation sites is 1. The lowest BCUT2D eigenvalue weighted by Crippen LogP contribution is -2.73. The summed E-state index contributed by atoms with van der Waals surface area (Å²) >= 11 is 0. The van der Waals surface area contributed by atoms with Crippen LogP contribution >= 0.6 is 0 Å². The summed E-state index contributed by atoms with van der Waals surface area (Å²) in [6.07, 6.45) is 0.964. The molecule has 3 atom stereocenters. The van der Waals surface area contributed by atoms with Crippen molar-refractivity contribution in [1.82, 2.24) is 20.1 Å². The summed E-state index contributed by atoms with van der Waals surface area (Å²) in [6, 6.07) is 6.23. The van der Waals surface area contributed by atoms with Crippen molar-refractivity contribution in [3.63, 3.8) is 0 Å². The van der Waals surface area contributed by atoms with Crippen molar-refractivity contribution in [2.24, 2.45) is 0 Å². The van der Waals surface area contributed by atoms with Crippen LogP contribution in [0.25, 0.3) is 10.9 Å². The third-order valence-corrected chi connectivity index (χ3v) is 5.28. The number of rotatable bonds is 6. The molecule has 0 bridgehead atoms. The number of carbonyl (C=O) groups excluding carboxylic acids is 3. The van der Waals surface area contributed by atoms with E-state index in [1.165, 1.54) is 25.9 Å². The number of aromatic nitrogens is 1. The lowest BCUT2D eigenvalue weighted by atomic mass is 9.95. The smallest absolute Gasteiger partial charge is 0.327 e. The summed E-state index contributed by atoms with van der Waals surface area (Å²) in [5.41, 5.74) is -0.111. The number of aliphatic hydroxyl groups is 1. The quantitative estimate of drug-likeness (QED) is 0.617. The maximum absolute atomic E-state index is 12.6. The van der Waals surface area contributed by atoms with E-state index in [9.17, 15) is 19.5 Å². The molecule has 9 heteroatoms. The zero-order valence-electron chi connectivity index (χ0n) is 16.9. The first-order chi connectivity index (χ1) is 13.7. The van der Waals surface area contributed by atoms with Gasteiger partial charge in [0.2, 0.25) is 0 Å². The van der Waals surface area contributed by atoms with Gasteiger partial charge in [0, 0.05) is 37.6 Å². The van der Waals surface area contributed by atoms with Crippen LogP contribution in [0.5, 0.6) is 0 Å². The minimum atomic E-state index is -1.91. The monoisotopic (exact) mass is 402 g/mol. The Labute approximate surface area is 168 Å². The zero-order valence-corrected chi connectivity index (χ0v) is 16.9. The molecule has 1 aliphatic rings. The highest BCUT2D eigenvalue weighted by atomic mass is 16.5. The number of likely N-dealkylation sites (N-methyl/N-ethyl adjacent to an activating group) is 2. The second-order valence-corrected chi connectivity index (χ2v) is 7.34. The fourth-order valence-electron chi connectivity index (χ4n) is 3.71. The predicted molar refractivity (Wildman–Crippen MR) is 106 cm³/mol. The molecule has 3 rings (SSSR count). The Bertz CT molecular complexity index is 938. The Morgan fingerprint density at radius 2 is 2.03 bits per heavy atom. The first-order valence-corrected chi connectivity index (χ1v) is 9.43. The number of nitrogens with one attached hydrogen (secondary N) is 2. The number of imide groups is 1. The van der Waals surface area contributed by atoms with Crippen LogP contribution in [0.1, 0.15) is 19.4 Å². The summed E-state index contributed by atoms with van der Waals surface area (Å²) < 4.78 is 5.19. The fraction of sp³-hybridized carbons (Fsp3) is 0.450. The van der Waals surface area contributed by atoms with Crippen LogP contribution in [0.4, 0.5) is 4.79 Å². The maximum Gasteiger partial charge on any atom is 0.327 e. The predicted octanol–water partition coefficient (Wildman–Crippen LogP) is 0.833. The molecule has 1 fully saturated rings. The van der Waals surface area contributed by atoms with E-state index < -0.39 is 35.7 Å². The Hall–Kier alpha value is -2.91. The van der Waals surface area contributed by atoms with Crippen LogP contribution < -0.4 is 5.32 Å². The summed E-state index contributed by atoms with van der Waals surface area (Å²) in [4.78, 5) is 42.7. The molecule has 1 aromatic heterocycles. The number of esters is 1. The van der Waals surface area contributed by atoms with Gasteiger partial charge >= 0.3 is 12.0 Å². The van der Waals surface area contributed by atoms with Crippen molar-refractivity contribution < 1.29 is 24.2 Å². The van der Waals surface area contributed by atoms with Crippen molar-refractivity contribution in [2.75, 3.05) is 20.7 Å².